The molecule has 2 heterocycles. The van der Waals surface area contributed by atoms with Crippen molar-refractivity contribution in [3.05, 3.63) is 66.0 Å². The molecule has 2 aromatic carbocycles. The van der Waals surface area contributed by atoms with Gasteiger partial charge in [-0.3, -0.25) is 19.1 Å². The van der Waals surface area contributed by atoms with Crippen LogP contribution in [0.25, 0.3) is 5.69 Å². The number of thioether (sulfide) groups is 1. The first-order chi connectivity index (χ1) is 17.1. The number of carbonyl (C=O) groups is 2. The van der Waals surface area contributed by atoms with Crippen LogP contribution >= 0.6 is 11.8 Å². The average molecular weight is 493 g/mol. The van der Waals surface area contributed by atoms with Crippen molar-refractivity contribution in [3.63, 3.8) is 0 Å². The van der Waals surface area contributed by atoms with Crippen LogP contribution in [0.4, 0.5) is 5.69 Å². The summed E-state index contributed by atoms with van der Waals surface area (Å²) in [4.78, 5) is 29.3. The SMILES string of the molecule is CCN(CC)C(=O)c1ccc(NC(=O)CSc2nnc(CN3CCCC3)n2-c2ccccc2)cc1. The molecule has 35 heavy (non-hydrogen) atoms. The van der Waals surface area contributed by atoms with Gasteiger partial charge in [-0.2, -0.15) is 0 Å². The summed E-state index contributed by atoms with van der Waals surface area (Å²) in [5.41, 5.74) is 2.26. The molecule has 0 atom stereocenters. The molecular weight excluding hydrogens is 460 g/mol. The molecule has 0 spiro atoms. The largest absolute Gasteiger partial charge is 0.339 e. The van der Waals surface area contributed by atoms with Gasteiger partial charge in [-0.05, 0) is 76.2 Å². The number of nitrogens with zero attached hydrogens (tertiary/aromatic N) is 5. The number of hydrogen-bond donors (Lipinski definition) is 1. The molecule has 4 rings (SSSR count). The smallest absolute Gasteiger partial charge is 0.253 e. The molecule has 1 aliphatic rings. The number of hydrogen-bond acceptors (Lipinski definition) is 6. The topological polar surface area (TPSA) is 83.4 Å². The molecule has 1 fully saturated rings. The number of benzene rings is 2. The third kappa shape index (κ3) is 6.29. The number of nitrogens with one attached hydrogen (secondary N) is 1. The van der Waals surface area contributed by atoms with Crippen molar-refractivity contribution in [1.82, 2.24) is 24.6 Å². The summed E-state index contributed by atoms with van der Waals surface area (Å²) in [6, 6.07) is 17.1. The molecule has 2 amide bonds. The molecule has 0 saturated carbocycles. The minimum absolute atomic E-state index is 0.00610. The van der Waals surface area contributed by atoms with E-state index in [1.165, 1.54) is 24.6 Å². The van der Waals surface area contributed by atoms with Crippen molar-refractivity contribution in [2.75, 3.05) is 37.2 Å². The average Bonchev–Trinajstić information content (AvgIpc) is 3.54. The van der Waals surface area contributed by atoms with Gasteiger partial charge in [-0.1, -0.05) is 30.0 Å². The molecule has 9 heteroatoms. The van der Waals surface area contributed by atoms with E-state index in [0.717, 1.165) is 31.1 Å². The van der Waals surface area contributed by atoms with E-state index in [1.807, 2.05) is 48.7 Å². The lowest BCUT2D eigenvalue weighted by atomic mass is 10.2. The van der Waals surface area contributed by atoms with Crippen LogP contribution in [0, 0.1) is 0 Å². The lowest BCUT2D eigenvalue weighted by Crippen LogP contribution is -2.30. The summed E-state index contributed by atoms with van der Waals surface area (Å²) in [6.07, 6.45) is 2.43. The number of anilines is 1. The van der Waals surface area contributed by atoms with Crippen LogP contribution in [0.15, 0.2) is 59.8 Å². The minimum Gasteiger partial charge on any atom is -0.339 e. The molecule has 0 bridgehead atoms. The van der Waals surface area contributed by atoms with Crippen LogP contribution in [-0.2, 0) is 11.3 Å². The van der Waals surface area contributed by atoms with Crippen molar-refractivity contribution < 1.29 is 9.59 Å². The second-order valence-corrected chi connectivity index (χ2v) is 9.39. The van der Waals surface area contributed by atoms with Gasteiger partial charge in [0.25, 0.3) is 5.91 Å². The number of carbonyl (C=O) groups excluding carboxylic acids is 2. The maximum atomic E-state index is 12.7. The summed E-state index contributed by atoms with van der Waals surface area (Å²) in [5.74, 6) is 0.943. The minimum atomic E-state index is -0.137. The fourth-order valence-corrected chi connectivity index (χ4v) is 4.96. The number of likely N-dealkylation sites (tertiary alicyclic amines) is 1. The Bertz CT molecular complexity index is 1120. The molecule has 1 aliphatic heterocycles. The highest BCUT2D eigenvalue weighted by molar-refractivity contribution is 7.99. The van der Waals surface area contributed by atoms with Gasteiger partial charge in [0.05, 0.1) is 12.3 Å². The van der Waals surface area contributed by atoms with Crippen LogP contribution in [0.1, 0.15) is 42.9 Å². The molecule has 0 unspecified atom stereocenters. The predicted molar refractivity (Wildman–Crippen MR) is 139 cm³/mol. The molecule has 3 aromatic rings. The van der Waals surface area contributed by atoms with E-state index in [9.17, 15) is 9.59 Å². The van der Waals surface area contributed by atoms with Crippen molar-refractivity contribution in [1.29, 1.82) is 0 Å². The summed E-state index contributed by atoms with van der Waals surface area (Å²) < 4.78 is 2.05. The first-order valence-corrected chi connectivity index (χ1v) is 13.1. The summed E-state index contributed by atoms with van der Waals surface area (Å²) in [5, 5.41) is 12.5. The van der Waals surface area contributed by atoms with Gasteiger partial charge >= 0.3 is 0 Å². The third-order valence-electron chi connectivity index (χ3n) is 6.08. The Hall–Kier alpha value is -3.17. The van der Waals surface area contributed by atoms with Crippen LogP contribution < -0.4 is 5.32 Å². The van der Waals surface area contributed by atoms with E-state index in [-0.39, 0.29) is 17.6 Å². The maximum Gasteiger partial charge on any atom is 0.253 e. The van der Waals surface area contributed by atoms with Gasteiger partial charge in [-0.25, -0.2) is 0 Å². The highest BCUT2D eigenvalue weighted by atomic mass is 32.2. The van der Waals surface area contributed by atoms with E-state index in [1.54, 1.807) is 29.2 Å². The van der Waals surface area contributed by atoms with Gasteiger partial charge in [0.15, 0.2) is 11.0 Å². The molecule has 8 nitrogen and oxygen atoms in total. The molecule has 0 aliphatic carbocycles. The zero-order chi connectivity index (χ0) is 24.6. The van der Waals surface area contributed by atoms with Crippen molar-refractivity contribution in [2.45, 2.75) is 38.4 Å². The quantitative estimate of drug-likeness (QED) is 0.430. The monoisotopic (exact) mass is 492 g/mol. The maximum absolute atomic E-state index is 12.7. The molecule has 1 saturated heterocycles. The number of rotatable bonds is 10. The molecule has 0 radical (unpaired) electrons. The standard InChI is InChI=1S/C26H32N6O2S/c1-3-31(4-2)25(34)20-12-14-21(15-13-20)27-24(33)19-35-26-29-28-23(18-30-16-8-9-17-30)32(26)22-10-6-5-7-11-22/h5-7,10-15H,3-4,8-9,16-19H2,1-2H3,(H,27,33). The van der Waals surface area contributed by atoms with Crippen molar-refractivity contribution >= 4 is 29.3 Å². The van der Waals surface area contributed by atoms with Gasteiger partial charge in [0.1, 0.15) is 0 Å². The van der Waals surface area contributed by atoms with Crippen LogP contribution in [-0.4, -0.2) is 68.3 Å². The van der Waals surface area contributed by atoms with E-state index in [2.05, 4.69) is 20.4 Å². The Morgan fingerprint density at radius 3 is 2.31 bits per heavy atom. The molecule has 184 valence electrons. The first-order valence-electron chi connectivity index (χ1n) is 12.1. The second kappa shape index (κ2) is 12.0. The van der Waals surface area contributed by atoms with Crippen molar-refractivity contribution in [2.24, 2.45) is 0 Å². The van der Waals surface area contributed by atoms with Gasteiger partial charge < -0.3 is 10.2 Å². The summed E-state index contributed by atoms with van der Waals surface area (Å²) in [7, 11) is 0. The highest BCUT2D eigenvalue weighted by Gasteiger charge is 2.20. The number of amides is 2. The van der Waals surface area contributed by atoms with Gasteiger partial charge in [0, 0.05) is 30.0 Å². The number of aromatic nitrogens is 3. The van der Waals surface area contributed by atoms with Crippen LogP contribution in [0.3, 0.4) is 0 Å². The number of para-hydroxylation sites is 1. The Balaban J connectivity index is 1.40. The molecule has 1 aromatic heterocycles. The van der Waals surface area contributed by atoms with E-state index >= 15 is 0 Å². The predicted octanol–water partition coefficient (Wildman–Crippen LogP) is 4.08. The van der Waals surface area contributed by atoms with Gasteiger partial charge in [-0.15, -0.1) is 10.2 Å². The third-order valence-corrected chi connectivity index (χ3v) is 7.01. The second-order valence-electron chi connectivity index (χ2n) is 8.44. The molecular formula is C26H32N6O2S. The zero-order valence-electron chi connectivity index (χ0n) is 20.3. The molecule has 1 N–H and O–H groups in total. The Labute approximate surface area is 210 Å². The summed E-state index contributed by atoms with van der Waals surface area (Å²) >= 11 is 1.36. The van der Waals surface area contributed by atoms with E-state index in [4.69, 9.17) is 0 Å². The normalized spacial score (nSPS) is 13.7. The van der Waals surface area contributed by atoms with Crippen LogP contribution in [0.2, 0.25) is 0 Å². The Morgan fingerprint density at radius 1 is 0.971 bits per heavy atom. The van der Waals surface area contributed by atoms with Crippen LogP contribution in [0.5, 0.6) is 0 Å². The zero-order valence-corrected chi connectivity index (χ0v) is 21.1. The van der Waals surface area contributed by atoms with E-state index < -0.39 is 0 Å². The van der Waals surface area contributed by atoms with Crippen molar-refractivity contribution in [3.8, 4) is 5.69 Å². The lowest BCUT2D eigenvalue weighted by molar-refractivity contribution is -0.113. The Kier molecular flexibility index (Phi) is 8.54. The lowest BCUT2D eigenvalue weighted by Gasteiger charge is -2.18. The fraction of sp³-hybridized carbons (Fsp3) is 0.385. The highest BCUT2D eigenvalue weighted by Crippen LogP contribution is 2.24. The van der Waals surface area contributed by atoms with E-state index in [0.29, 0.717) is 29.5 Å². The van der Waals surface area contributed by atoms with Gasteiger partial charge in [0.2, 0.25) is 5.91 Å². The first kappa shape index (κ1) is 24.9. The summed E-state index contributed by atoms with van der Waals surface area (Å²) in [6.45, 7) is 8.14. The Morgan fingerprint density at radius 2 is 1.66 bits per heavy atom. The fourth-order valence-electron chi connectivity index (χ4n) is 4.19.